The number of benzene rings is 3. The first-order chi connectivity index (χ1) is 18.4. The van der Waals surface area contributed by atoms with Gasteiger partial charge in [-0.3, -0.25) is 0 Å². The van der Waals surface area contributed by atoms with E-state index in [1.807, 2.05) is 44.2 Å². The molecule has 0 saturated heterocycles. The lowest BCUT2D eigenvalue weighted by molar-refractivity contribution is -0.156. The third kappa shape index (κ3) is 8.44. The van der Waals surface area contributed by atoms with Crippen molar-refractivity contribution in [2.75, 3.05) is 26.4 Å². The van der Waals surface area contributed by atoms with Crippen LogP contribution >= 0.6 is 0 Å². The van der Waals surface area contributed by atoms with Crippen LogP contribution in [0.2, 0.25) is 0 Å². The molecule has 0 aliphatic rings. The molecule has 38 heavy (non-hydrogen) atoms. The minimum Gasteiger partial charge on any atom is -0.490 e. The third-order valence-corrected chi connectivity index (χ3v) is 6.31. The molecular weight excluding hydrogens is 476 g/mol. The van der Waals surface area contributed by atoms with Gasteiger partial charge >= 0.3 is 5.97 Å². The highest BCUT2D eigenvalue weighted by Crippen LogP contribution is 2.25. The van der Waals surface area contributed by atoms with Crippen molar-refractivity contribution in [2.24, 2.45) is 0 Å². The molecule has 0 spiro atoms. The number of aliphatic hydroxyl groups is 1. The fourth-order valence-electron chi connectivity index (χ4n) is 4.07. The van der Waals surface area contributed by atoms with Gasteiger partial charge in [0.25, 0.3) is 0 Å². The molecule has 0 amide bonds. The Labute approximate surface area is 226 Å². The quantitative estimate of drug-likeness (QED) is 0.256. The van der Waals surface area contributed by atoms with Gasteiger partial charge in [-0.2, -0.15) is 0 Å². The van der Waals surface area contributed by atoms with Crippen LogP contribution < -0.4 is 4.74 Å². The van der Waals surface area contributed by atoms with Gasteiger partial charge in [0, 0.05) is 13.0 Å². The normalized spacial score (nSPS) is 12.8. The average molecular weight is 515 g/mol. The maximum Gasteiger partial charge on any atom is 0.335 e. The van der Waals surface area contributed by atoms with E-state index in [9.17, 15) is 4.79 Å². The monoisotopic (exact) mass is 514 g/mol. The van der Waals surface area contributed by atoms with Crippen LogP contribution in [-0.4, -0.2) is 43.6 Å². The number of aliphatic hydroxyl groups excluding tert-OH is 1. The van der Waals surface area contributed by atoms with E-state index < -0.39 is 6.10 Å². The molecule has 3 aromatic rings. The Balaban J connectivity index is 1.55. The number of allylic oxidation sites excluding steroid dienone is 2. The van der Waals surface area contributed by atoms with E-state index in [-0.39, 0.29) is 12.6 Å². The summed E-state index contributed by atoms with van der Waals surface area (Å²) in [7, 11) is 0. The first-order valence-electron chi connectivity index (χ1n) is 13.1. The van der Waals surface area contributed by atoms with Crippen LogP contribution in [-0.2, 0) is 20.7 Å². The summed E-state index contributed by atoms with van der Waals surface area (Å²) in [5, 5.41) is 9.09. The molecule has 1 unspecified atom stereocenters. The zero-order valence-corrected chi connectivity index (χ0v) is 22.8. The van der Waals surface area contributed by atoms with Crippen LogP contribution in [0.3, 0.4) is 0 Å². The zero-order chi connectivity index (χ0) is 27.3. The number of carbonyl (C=O) groups is 1. The van der Waals surface area contributed by atoms with Crippen LogP contribution in [0.1, 0.15) is 44.4 Å². The average Bonchev–Trinajstić information content (AvgIpc) is 2.94. The first kappa shape index (κ1) is 28.9. The number of rotatable bonds is 13. The Bertz CT molecular complexity index is 1210. The van der Waals surface area contributed by atoms with Crippen LogP contribution in [0, 0.1) is 0 Å². The van der Waals surface area contributed by atoms with Crippen molar-refractivity contribution in [3.05, 3.63) is 102 Å². The summed E-state index contributed by atoms with van der Waals surface area (Å²) < 4.78 is 16.6. The molecule has 0 saturated carbocycles. The molecule has 0 bridgehead atoms. The molecule has 0 fully saturated rings. The smallest absolute Gasteiger partial charge is 0.335 e. The molecule has 3 aromatic carbocycles. The second-order valence-corrected chi connectivity index (χ2v) is 8.97. The van der Waals surface area contributed by atoms with Gasteiger partial charge in [0.2, 0.25) is 0 Å². The highest BCUT2D eigenvalue weighted by atomic mass is 16.6. The molecule has 0 aromatic heterocycles. The molecule has 3 rings (SSSR count). The van der Waals surface area contributed by atoms with Crippen molar-refractivity contribution in [3.63, 3.8) is 0 Å². The maximum absolute atomic E-state index is 12.1. The Morgan fingerprint density at radius 3 is 1.84 bits per heavy atom. The summed E-state index contributed by atoms with van der Waals surface area (Å²) in [6.45, 7) is 9.04. The van der Waals surface area contributed by atoms with E-state index in [0.717, 1.165) is 44.7 Å². The molecule has 5 nitrogen and oxygen atoms in total. The SMILES string of the molecule is CCOC(=O)C(Cc1ccc(OCC=C(C)c2ccc(-c3ccc(C(C)=CCO)cc3)cc2)cc1)OCC. The Hall–Kier alpha value is -3.67. The van der Waals surface area contributed by atoms with Crippen LogP contribution in [0.15, 0.2) is 84.9 Å². The summed E-state index contributed by atoms with van der Waals surface area (Å²) >= 11 is 0. The van der Waals surface area contributed by atoms with Gasteiger partial charge in [0.05, 0.1) is 13.2 Å². The van der Waals surface area contributed by atoms with Crippen molar-refractivity contribution in [3.8, 4) is 16.9 Å². The molecule has 0 aliphatic heterocycles. The van der Waals surface area contributed by atoms with Crippen molar-refractivity contribution in [2.45, 2.75) is 40.2 Å². The van der Waals surface area contributed by atoms with E-state index in [1.54, 1.807) is 6.92 Å². The Morgan fingerprint density at radius 2 is 1.34 bits per heavy atom. The predicted octanol–water partition coefficient (Wildman–Crippen LogP) is 6.74. The second kappa shape index (κ2) is 14.9. The lowest BCUT2D eigenvalue weighted by atomic mass is 9.98. The molecule has 0 radical (unpaired) electrons. The van der Waals surface area contributed by atoms with Gasteiger partial charge in [-0.05, 0) is 84.9 Å². The van der Waals surface area contributed by atoms with Gasteiger partial charge < -0.3 is 19.3 Å². The lowest BCUT2D eigenvalue weighted by Crippen LogP contribution is -2.28. The highest BCUT2D eigenvalue weighted by molar-refractivity contribution is 5.75. The van der Waals surface area contributed by atoms with Crippen molar-refractivity contribution in [1.82, 2.24) is 0 Å². The molecule has 0 heterocycles. The summed E-state index contributed by atoms with van der Waals surface area (Å²) in [4.78, 5) is 12.1. The third-order valence-electron chi connectivity index (χ3n) is 6.31. The summed E-state index contributed by atoms with van der Waals surface area (Å²) in [6, 6.07) is 24.6. The van der Waals surface area contributed by atoms with Crippen molar-refractivity contribution >= 4 is 17.1 Å². The zero-order valence-electron chi connectivity index (χ0n) is 22.8. The Morgan fingerprint density at radius 1 is 0.789 bits per heavy atom. The fourth-order valence-corrected chi connectivity index (χ4v) is 4.07. The highest BCUT2D eigenvalue weighted by Gasteiger charge is 2.20. The van der Waals surface area contributed by atoms with E-state index in [4.69, 9.17) is 19.3 Å². The lowest BCUT2D eigenvalue weighted by Gasteiger charge is -2.15. The topological polar surface area (TPSA) is 65.0 Å². The summed E-state index contributed by atoms with van der Waals surface area (Å²) in [5.41, 5.74) is 7.76. The largest absolute Gasteiger partial charge is 0.490 e. The van der Waals surface area contributed by atoms with E-state index in [1.165, 1.54) is 0 Å². The molecule has 200 valence electrons. The van der Waals surface area contributed by atoms with E-state index in [2.05, 4.69) is 61.5 Å². The Kier molecular flexibility index (Phi) is 11.3. The van der Waals surface area contributed by atoms with Gasteiger partial charge in [-0.15, -0.1) is 0 Å². The number of esters is 1. The molecular formula is C33H38O5. The number of hydrogen-bond acceptors (Lipinski definition) is 5. The van der Waals surface area contributed by atoms with Crippen LogP contribution in [0.4, 0.5) is 0 Å². The van der Waals surface area contributed by atoms with Gasteiger partial charge in [0.15, 0.2) is 6.10 Å². The maximum atomic E-state index is 12.1. The number of carbonyl (C=O) groups excluding carboxylic acids is 1. The molecule has 0 aliphatic carbocycles. The van der Waals surface area contributed by atoms with E-state index >= 15 is 0 Å². The van der Waals surface area contributed by atoms with Crippen LogP contribution in [0.5, 0.6) is 5.75 Å². The van der Waals surface area contributed by atoms with Gasteiger partial charge in [0.1, 0.15) is 12.4 Å². The number of ether oxygens (including phenoxy) is 3. The standard InChI is InChI=1S/C33H38O5/c1-5-36-32(33(35)37-6-2)23-26-7-17-31(18-8-26)38-22-20-25(4)28-11-15-30(16-12-28)29-13-9-27(10-14-29)24(3)19-21-34/h7-20,32,34H,5-6,21-23H2,1-4H3. The first-order valence-corrected chi connectivity index (χ1v) is 13.1. The van der Waals surface area contributed by atoms with Gasteiger partial charge in [-0.1, -0.05) is 66.7 Å². The second-order valence-electron chi connectivity index (χ2n) is 8.97. The minimum atomic E-state index is -0.596. The summed E-state index contributed by atoms with van der Waals surface area (Å²) in [6.07, 6.45) is 3.75. The fraction of sp³-hybridized carbons (Fsp3) is 0.303. The molecule has 1 N–H and O–H groups in total. The summed E-state index contributed by atoms with van der Waals surface area (Å²) in [5.74, 6) is 0.438. The van der Waals surface area contributed by atoms with Gasteiger partial charge in [-0.25, -0.2) is 4.79 Å². The van der Waals surface area contributed by atoms with E-state index in [0.29, 0.717) is 26.2 Å². The van der Waals surface area contributed by atoms with Crippen molar-refractivity contribution < 1.29 is 24.1 Å². The number of hydrogen-bond donors (Lipinski definition) is 1. The molecule has 5 heteroatoms. The van der Waals surface area contributed by atoms with Crippen molar-refractivity contribution in [1.29, 1.82) is 0 Å². The molecule has 1 atom stereocenters. The van der Waals surface area contributed by atoms with Crippen LogP contribution in [0.25, 0.3) is 22.3 Å². The minimum absolute atomic E-state index is 0.0487. The predicted molar refractivity (Wildman–Crippen MR) is 154 cm³/mol.